The number of hydrogen-bond acceptors (Lipinski definition) is 8. The standard InChI is InChI=1S/C20H40N6O5S/c1-13(23)17(27)24-15(9-12-32-2)19(29)25-14(7-3-5-10-21)18(28)26-16(20(30)31)8-4-6-11-22/h13-16H,3-12,21-23H2,1-2H3,(H,24,27)(H,25,29)(H,26,28)(H,30,31). The summed E-state index contributed by atoms with van der Waals surface area (Å²) in [6, 6.07) is -3.67. The molecule has 0 fully saturated rings. The predicted octanol–water partition coefficient (Wildman–Crippen LogP) is -1.12. The fourth-order valence-electron chi connectivity index (χ4n) is 2.86. The number of nitrogens with two attached hydrogens (primary N) is 3. The predicted molar refractivity (Wildman–Crippen MR) is 126 cm³/mol. The lowest BCUT2D eigenvalue weighted by Crippen LogP contribution is -2.57. The van der Waals surface area contributed by atoms with Crippen LogP contribution in [-0.2, 0) is 19.2 Å². The normalized spacial score (nSPS) is 14.7. The molecule has 0 aromatic carbocycles. The van der Waals surface area contributed by atoms with Crippen molar-refractivity contribution in [3.8, 4) is 0 Å². The van der Waals surface area contributed by atoms with Crippen molar-refractivity contribution in [2.75, 3.05) is 25.1 Å². The van der Waals surface area contributed by atoms with Gasteiger partial charge in [0, 0.05) is 0 Å². The minimum absolute atomic E-state index is 0.239. The fraction of sp³-hybridized carbons (Fsp3) is 0.800. The third-order valence-corrected chi connectivity index (χ3v) is 5.44. The van der Waals surface area contributed by atoms with Gasteiger partial charge in [-0.05, 0) is 77.0 Å². The second-order valence-corrected chi connectivity index (χ2v) is 8.65. The zero-order valence-electron chi connectivity index (χ0n) is 19.1. The van der Waals surface area contributed by atoms with E-state index in [1.54, 1.807) is 0 Å². The molecule has 10 N–H and O–H groups in total. The van der Waals surface area contributed by atoms with Crippen molar-refractivity contribution < 1.29 is 24.3 Å². The molecule has 0 aromatic heterocycles. The molecule has 0 aliphatic carbocycles. The second-order valence-electron chi connectivity index (χ2n) is 7.66. The van der Waals surface area contributed by atoms with Crippen LogP contribution in [0, 0.1) is 0 Å². The Kier molecular flexibility index (Phi) is 16.6. The molecule has 0 rings (SSSR count). The highest BCUT2D eigenvalue weighted by molar-refractivity contribution is 7.98. The summed E-state index contributed by atoms with van der Waals surface area (Å²) in [7, 11) is 0. The fourth-order valence-corrected chi connectivity index (χ4v) is 3.34. The van der Waals surface area contributed by atoms with Crippen LogP contribution in [0.5, 0.6) is 0 Å². The number of aliphatic carboxylic acids is 1. The Morgan fingerprint density at radius 2 is 1.22 bits per heavy atom. The molecule has 0 spiro atoms. The number of amides is 3. The first-order valence-corrected chi connectivity index (χ1v) is 12.4. The molecular formula is C20H40N6O5S. The van der Waals surface area contributed by atoms with Crippen LogP contribution in [0.25, 0.3) is 0 Å². The zero-order chi connectivity index (χ0) is 24.5. The molecule has 0 heterocycles. The van der Waals surface area contributed by atoms with Crippen LogP contribution in [0.15, 0.2) is 0 Å². The van der Waals surface area contributed by atoms with E-state index in [0.29, 0.717) is 57.4 Å². The number of unbranched alkanes of at least 4 members (excludes halogenated alkanes) is 2. The zero-order valence-corrected chi connectivity index (χ0v) is 19.9. The Morgan fingerprint density at radius 3 is 1.66 bits per heavy atom. The third-order valence-electron chi connectivity index (χ3n) is 4.80. The van der Waals surface area contributed by atoms with Gasteiger partial charge >= 0.3 is 5.97 Å². The van der Waals surface area contributed by atoms with E-state index in [1.165, 1.54) is 18.7 Å². The van der Waals surface area contributed by atoms with Gasteiger partial charge in [0.1, 0.15) is 18.1 Å². The molecule has 0 bridgehead atoms. The van der Waals surface area contributed by atoms with Crippen LogP contribution >= 0.6 is 11.8 Å². The number of carboxylic acid groups (broad SMARTS) is 1. The molecule has 4 unspecified atom stereocenters. The molecule has 186 valence electrons. The van der Waals surface area contributed by atoms with Gasteiger partial charge < -0.3 is 38.3 Å². The highest BCUT2D eigenvalue weighted by Crippen LogP contribution is 2.07. The summed E-state index contributed by atoms with van der Waals surface area (Å²) < 4.78 is 0. The Balaban J connectivity index is 5.32. The van der Waals surface area contributed by atoms with Crippen LogP contribution in [0.1, 0.15) is 51.9 Å². The summed E-state index contributed by atoms with van der Waals surface area (Å²) in [5, 5.41) is 17.2. The van der Waals surface area contributed by atoms with Gasteiger partial charge in [0.25, 0.3) is 0 Å². The maximum Gasteiger partial charge on any atom is 0.326 e. The van der Waals surface area contributed by atoms with Crippen LogP contribution in [0.4, 0.5) is 0 Å². The van der Waals surface area contributed by atoms with E-state index in [9.17, 15) is 24.3 Å². The SMILES string of the molecule is CSCCC(NC(=O)C(C)N)C(=O)NC(CCCCN)C(=O)NC(CCCCN)C(=O)O. The summed E-state index contributed by atoms with van der Waals surface area (Å²) >= 11 is 1.52. The monoisotopic (exact) mass is 476 g/mol. The number of thioether (sulfide) groups is 1. The summed E-state index contributed by atoms with van der Waals surface area (Å²) in [6.07, 6.45) is 5.19. The Bertz CT molecular complexity index is 593. The van der Waals surface area contributed by atoms with E-state index in [-0.39, 0.29) is 6.42 Å². The summed E-state index contributed by atoms with van der Waals surface area (Å²) in [5.41, 5.74) is 16.6. The van der Waals surface area contributed by atoms with Crippen LogP contribution in [0.3, 0.4) is 0 Å². The molecule has 3 amide bonds. The quantitative estimate of drug-likeness (QED) is 0.120. The number of hydrogen-bond donors (Lipinski definition) is 7. The van der Waals surface area contributed by atoms with Gasteiger partial charge in [0.2, 0.25) is 17.7 Å². The third kappa shape index (κ3) is 12.8. The van der Waals surface area contributed by atoms with Gasteiger partial charge in [-0.15, -0.1) is 0 Å². The molecule has 32 heavy (non-hydrogen) atoms. The van der Waals surface area contributed by atoms with Crippen LogP contribution in [0.2, 0.25) is 0 Å². The van der Waals surface area contributed by atoms with Gasteiger partial charge in [-0.3, -0.25) is 14.4 Å². The van der Waals surface area contributed by atoms with Crippen LogP contribution in [-0.4, -0.2) is 78.1 Å². The van der Waals surface area contributed by atoms with E-state index < -0.39 is 47.9 Å². The van der Waals surface area contributed by atoms with E-state index in [4.69, 9.17) is 17.2 Å². The molecule has 0 aromatic rings. The van der Waals surface area contributed by atoms with Gasteiger partial charge in [-0.2, -0.15) is 11.8 Å². The molecule has 12 heteroatoms. The molecule has 4 atom stereocenters. The maximum atomic E-state index is 12.9. The molecule has 0 aliphatic rings. The highest BCUT2D eigenvalue weighted by Gasteiger charge is 2.29. The van der Waals surface area contributed by atoms with Crippen molar-refractivity contribution in [1.82, 2.24) is 16.0 Å². The van der Waals surface area contributed by atoms with Crippen molar-refractivity contribution in [3.63, 3.8) is 0 Å². The number of carboxylic acids is 1. The smallest absolute Gasteiger partial charge is 0.326 e. The maximum absolute atomic E-state index is 12.9. The largest absolute Gasteiger partial charge is 0.480 e. The van der Waals surface area contributed by atoms with E-state index in [0.717, 1.165) is 0 Å². The molecule has 0 saturated heterocycles. The lowest BCUT2D eigenvalue weighted by Gasteiger charge is -2.25. The van der Waals surface area contributed by atoms with E-state index >= 15 is 0 Å². The van der Waals surface area contributed by atoms with Crippen molar-refractivity contribution in [2.24, 2.45) is 17.2 Å². The van der Waals surface area contributed by atoms with Gasteiger partial charge in [-0.1, -0.05) is 0 Å². The van der Waals surface area contributed by atoms with Gasteiger partial charge in [0.15, 0.2) is 0 Å². The van der Waals surface area contributed by atoms with Crippen LogP contribution < -0.4 is 33.2 Å². The van der Waals surface area contributed by atoms with E-state index in [1.807, 2.05) is 6.26 Å². The summed E-state index contributed by atoms with van der Waals surface area (Å²) in [6.45, 7) is 2.38. The number of rotatable bonds is 18. The molecule has 0 saturated carbocycles. The Labute approximate surface area is 194 Å². The molecule has 0 radical (unpaired) electrons. The Hall–Kier alpha value is -1.89. The minimum Gasteiger partial charge on any atom is -0.480 e. The van der Waals surface area contributed by atoms with Crippen molar-refractivity contribution in [2.45, 2.75) is 76.0 Å². The highest BCUT2D eigenvalue weighted by atomic mass is 32.2. The summed E-state index contributed by atoms with van der Waals surface area (Å²) in [4.78, 5) is 49.2. The molecule has 0 aliphatic heterocycles. The van der Waals surface area contributed by atoms with Crippen molar-refractivity contribution in [1.29, 1.82) is 0 Å². The average molecular weight is 477 g/mol. The summed E-state index contributed by atoms with van der Waals surface area (Å²) in [5.74, 6) is -2.11. The second kappa shape index (κ2) is 17.6. The van der Waals surface area contributed by atoms with Gasteiger partial charge in [-0.25, -0.2) is 4.79 Å². The number of nitrogens with one attached hydrogen (secondary N) is 3. The number of carbonyl (C=O) groups is 4. The first kappa shape index (κ1) is 30.1. The average Bonchev–Trinajstić information content (AvgIpc) is 2.74. The minimum atomic E-state index is -1.15. The number of carbonyl (C=O) groups excluding carboxylic acids is 3. The molecular weight excluding hydrogens is 436 g/mol. The van der Waals surface area contributed by atoms with Crippen molar-refractivity contribution >= 4 is 35.5 Å². The van der Waals surface area contributed by atoms with Crippen molar-refractivity contribution in [3.05, 3.63) is 0 Å². The van der Waals surface area contributed by atoms with Gasteiger partial charge in [0.05, 0.1) is 6.04 Å². The molecule has 11 nitrogen and oxygen atoms in total. The first-order chi connectivity index (χ1) is 15.2. The first-order valence-electron chi connectivity index (χ1n) is 11.0. The topological polar surface area (TPSA) is 203 Å². The lowest BCUT2D eigenvalue weighted by molar-refractivity contribution is -0.142. The van der Waals surface area contributed by atoms with E-state index in [2.05, 4.69) is 16.0 Å². The Morgan fingerprint density at radius 1 is 0.781 bits per heavy atom. The lowest BCUT2D eigenvalue weighted by atomic mass is 10.1.